The lowest BCUT2D eigenvalue weighted by Crippen LogP contribution is -2.30. The molecular weight excluding hydrogens is 178 g/mol. The molecule has 0 aliphatic carbocycles. The molecule has 4 nitrogen and oxygen atoms in total. The number of rotatable bonds is 6. The van der Waals surface area contributed by atoms with E-state index < -0.39 is 0 Å². The molecule has 0 heterocycles. The van der Waals surface area contributed by atoms with Crippen LogP contribution in [0.25, 0.3) is 0 Å². The van der Waals surface area contributed by atoms with Gasteiger partial charge in [-0.25, -0.2) is 0 Å². The van der Waals surface area contributed by atoms with E-state index in [2.05, 4.69) is 16.3 Å². The first-order chi connectivity index (χ1) is 6.61. The van der Waals surface area contributed by atoms with Gasteiger partial charge in [-0.1, -0.05) is 0 Å². The van der Waals surface area contributed by atoms with Crippen LogP contribution in [0, 0.1) is 11.3 Å². The summed E-state index contributed by atoms with van der Waals surface area (Å²) in [5, 5.41) is 11.1. The van der Waals surface area contributed by atoms with Gasteiger partial charge in [-0.2, -0.15) is 5.26 Å². The lowest BCUT2D eigenvalue weighted by Gasteiger charge is -2.22. The Morgan fingerprint density at radius 3 is 2.79 bits per heavy atom. The summed E-state index contributed by atoms with van der Waals surface area (Å²) in [6, 6.07) is 2.41. The molecule has 14 heavy (non-hydrogen) atoms. The number of nitrogens with zero attached hydrogens (tertiary/aromatic N) is 2. The van der Waals surface area contributed by atoms with Gasteiger partial charge in [0.05, 0.1) is 12.5 Å². The van der Waals surface area contributed by atoms with Crippen molar-refractivity contribution < 1.29 is 4.79 Å². The van der Waals surface area contributed by atoms with Crippen LogP contribution in [0.3, 0.4) is 0 Å². The van der Waals surface area contributed by atoms with Crippen molar-refractivity contribution in [2.75, 3.05) is 20.6 Å². The van der Waals surface area contributed by atoms with Crippen molar-refractivity contribution in [2.24, 2.45) is 0 Å². The quantitative estimate of drug-likeness (QED) is 0.683. The second-order valence-corrected chi connectivity index (χ2v) is 3.47. The summed E-state index contributed by atoms with van der Waals surface area (Å²) in [5.41, 5.74) is 0. The monoisotopic (exact) mass is 197 g/mol. The lowest BCUT2D eigenvalue weighted by atomic mass is 10.2. The second kappa shape index (κ2) is 7.34. The average molecular weight is 197 g/mol. The number of nitrogens with one attached hydrogen (secondary N) is 1. The normalized spacial score (nSPS) is 12.2. The second-order valence-electron chi connectivity index (χ2n) is 3.47. The van der Waals surface area contributed by atoms with Gasteiger partial charge in [0.15, 0.2) is 0 Å². The molecule has 0 saturated heterocycles. The molecule has 0 rings (SSSR count). The number of nitriles is 1. The highest BCUT2D eigenvalue weighted by molar-refractivity contribution is 5.75. The number of carbonyl (C=O) groups excluding carboxylic acids is 1. The van der Waals surface area contributed by atoms with Crippen LogP contribution in [0.4, 0.5) is 0 Å². The topological polar surface area (TPSA) is 56.1 Å². The first-order valence-electron chi connectivity index (χ1n) is 4.89. The predicted octanol–water partition coefficient (Wildman–Crippen LogP) is 0.747. The fourth-order valence-electron chi connectivity index (χ4n) is 1.12. The van der Waals surface area contributed by atoms with Crippen molar-refractivity contribution in [3.8, 4) is 6.07 Å². The average Bonchev–Trinajstić information content (AvgIpc) is 2.17. The smallest absolute Gasteiger partial charge is 0.219 e. The molecule has 1 N–H and O–H groups in total. The molecule has 0 spiro atoms. The lowest BCUT2D eigenvalue weighted by molar-refractivity contribution is -0.120. The molecule has 0 fully saturated rings. The van der Waals surface area contributed by atoms with Gasteiger partial charge in [0.1, 0.15) is 0 Å². The van der Waals surface area contributed by atoms with Crippen LogP contribution in [0.2, 0.25) is 0 Å². The largest absolute Gasteiger partial charge is 0.359 e. The van der Waals surface area contributed by atoms with Gasteiger partial charge in [0.2, 0.25) is 5.91 Å². The Kier molecular flexibility index (Phi) is 6.77. The number of carbonyl (C=O) groups is 1. The van der Waals surface area contributed by atoms with E-state index in [1.54, 1.807) is 7.05 Å². The summed E-state index contributed by atoms with van der Waals surface area (Å²) in [6.45, 7) is 2.87. The Balaban J connectivity index is 3.58. The standard InChI is InChI=1S/C10H19N3O/c1-9(6-7-11)13(3)8-4-5-10(14)12-2/h9H,4-6,8H2,1-3H3,(H,12,14). The maximum absolute atomic E-state index is 10.9. The fourth-order valence-corrected chi connectivity index (χ4v) is 1.12. The first kappa shape index (κ1) is 12.9. The molecule has 0 aliphatic rings. The van der Waals surface area contributed by atoms with Crippen LogP contribution in [-0.2, 0) is 4.79 Å². The van der Waals surface area contributed by atoms with Gasteiger partial charge < -0.3 is 10.2 Å². The van der Waals surface area contributed by atoms with E-state index in [9.17, 15) is 4.79 Å². The molecule has 0 aromatic rings. The van der Waals surface area contributed by atoms with Crippen LogP contribution >= 0.6 is 0 Å². The van der Waals surface area contributed by atoms with E-state index in [4.69, 9.17) is 5.26 Å². The molecule has 0 bridgehead atoms. The molecule has 0 radical (unpaired) electrons. The van der Waals surface area contributed by atoms with E-state index in [-0.39, 0.29) is 11.9 Å². The fraction of sp³-hybridized carbons (Fsp3) is 0.800. The van der Waals surface area contributed by atoms with E-state index in [0.29, 0.717) is 12.8 Å². The summed E-state index contributed by atoms with van der Waals surface area (Å²) < 4.78 is 0. The number of amides is 1. The molecule has 0 aromatic heterocycles. The van der Waals surface area contributed by atoms with Gasteiger partial charge in [-0.05, 0) is 26.9 Å². The van der Waals surface area contributed by atoms with Gasteiger partial charge in [-0.15, -0.1) is 0 Å². The molecule has 1 atom stereocenters. The Bertz CT molecular complexity index is 210. The summed E-state index contributed by atoms with van der Waals surface area (Å²) in [5.74, 6) is 0.0753. The highest BCUT2D eigenvalue weighted by Crippen LogP contribution is 2.02. The summed E-state index contributed by atoms with van der Waals surface area (Å²) in [7, 11) is 3.62. The van der Waals surface area contributed by atoms with Crippen LogP contribution in [0.15, 0.2) is 0 Å². The molecule has 0 aromatic carbocycles. The summed E-state index contributed by atoms with van der Waals surface area (Å²) in [6.07, 6.45) is 1.93. The van der Waals surface area contributed by atoms with Gasteiger partial charge in [0.25, 0.3) is 0 Å². The van der Waals surface area contributed by atoms with Gasteiger partial charge >= 0.3 is 0 Å². The molecule has 0 saturated carbocycles. The summed E-state index contributed by atoms with van der Waals surface area (Å²) >= 11 is 0. The zero-order valence-electron chi connectivity index (χ0n) is 9.21. The van der Waals surface area contributed by atoms with E-state index in [1.807, 2.05) is 14.0 Å². The van der Waals surface area contributed by atoms with Crippen molar-refractivity contribution in [1.29, 1.82) is 5.26 Å². The third-order valence-electron chi connectivity index (χ3n) is 2.33. The number of hydrogen-bond donors (Lipinski definition) is 1. The Labute approximate surface area is 85.9 Å². The Morgan fingerprint density at radius 2 is 2.29 bits per heavy atom. The van der Waals surface area contributed by atoms with Crippen molar-refractivity contribution in [3.63, 3.8) is 0 Å². The SMILES string of the molecule is CNC(=O)CCCN(C)C(C)CC#N. The zero-order valence-corrected chi connectivity index (χ0v) is 9.21. The van der Waals surface area contributed by atoms with Gasteiger partial charge in [0, 0.05) is 19.5 Å². The van der Waals surface area contributed by atoms with E-state index >= 15 is 0 Å². The molecular formula is C10H19N3O. The van der Waals surface area contributed by atoms with Crippen molar-refractivity contribution in [1.82, 2.24) is 10.2 Å². The zero-order chi connectivity index (χ0) is 11.0. The Morgan fingerprint density at radius 1 is 1.64 bits per heavy atom. The maximum Gasteiger partial charge on any atom is 0.219 e. The third-order valence-corrected chi connectivity index (χ3v) is 2.33. The van der Waals surface area contributed by atoms with Crippen LogP contribution < -0.4 is 5.32 Å². The van der Waals surface area contributed by atoms with Crippen molar-refractivity contribution in [2.45, 2.75) is 32.2 Å². The van der Waals surface area contributed by atoms with E-state index in [0.717, 1.165) is 13.0 Å². The van der Waals surface area contributed by atoms with Crippen LogP contribution in [0.5, 0.6) is 0 Å². The van der Waals surface area contributed by atoms with Crippen molar-refractivity contribution >= 4 is 5.91 Å². The maximum atomic E-state index is 10.9. The van der Waals surface area contributed by atoms with Crippen LogP contribution in [-0.4, -0.2) is 37.5 Å². The minimum Gasteiger partial charge on any atom is -0.359 e. The van der Waals surface area contributed by atoms with Crippen molar-refractivity contribution in [3.05, 3.63) is 0 Å². The minimum absolute atomic E-state index is 0.0753. The highest BCUT2D eigenvalue weighted by Gasteiger charge is 2.08. The highest BCUT2D eigenvalue weighted by atomic mass is 16.1. The predicted molar refractivity (Wildman–Crippen MR) is 55.6 cm³/mol. The molecule has 1 amide bonds. The minimum atomic E-state index is 0.0753. The van der Waals surface area contributed by atoms with E-state index in [1.165, 1.54) is 0 Å². The van der Waals surface area contributed by atoms with Gasteiger partial charge in [-0.3, -0.25) is 4.79 Å². The number of hydrogen-bond acceptors (Lipinski definition) is 3. The summed E-state index contributed by atoms with van der Waals surface area (Å²) in [4.78, 5) is 13.0. The molecule has 80 valence electrons. The Hall–Kier alpha value is -1.08. The first-order valence-corrected chi connectivity index (χ1v) is 4.89. The third kappa shape index (κ3) is 5.55. The molecule has 0 aliphatic heterocycles. The molecule has 1 unspecified atom stereocenters. The van der Waals surface area contributed by atoms with Crippen LogP contribution in [0.1, 0.15) is 26.2 Å². The molecule has 4 heteroatoms.